The fourth-order valence-corrected chi connectivity index (χ4v) is 3.70. The van der Waals surface area contributed by atoms with Crippen LogP contribution < -0.4 is 0 Å². The number of carbonyl (C=O) groups is 1. The molecule has 1 heteroatoms. The lowest BCUT2D eigenvalue weighted by atomic mass is 9.77. The van der Waals surface area contributed by atoms with E-state index < -0.39 is 0 Å². The zero-order chi connectivity index (χ0) is 20.1. The van der Waals surface area contributed by atoms with Crippen molar-refractivity contribution in [3.63, 3.8) is 0 Å². The molecular weight excluding hydrogens is 328 g/mol. The molecule has 0 saturated heterocycles. The molecule has 0 aliphatic heterocycles. The van der Waals surface area contributed by atoms with Gasteiger partial charge in [-0.15, -0.1) is 0 Å². The van der Waals surface area contributed by atoms with Gasteiger partial charge in [0.15, 0.2) is 0 Å². The molecule has 1 unspecified atom stereocenters. The van der Waals surface area contributed by atoms with Gasteiger partial charge in [-0.3, -0.25) is 0 Å². The standard InChI is InChI=1S/C26H48O/c1-4-7-9-11-12-13-14-15-16-17-18-19-20-22-24-26(6-3,25-27)23-21-10-8-5-2/h12-13,15-16,25H,4-11,14,17-24H2,1-3H3/b13-12-,16-15-. The van der Waals surface area contributed by atoms with Crippen molar-refractivity contribution in [2.45, 2.75) is 130 Å². The highest BCUT2D eigenvalue weighted by atomic mass is 16.1. The summed E-state index contributed by atoms with van der Waals surface area (Å²) in [7, 11) is 0. The molecule has 0 aliphatic rings. The third kappa shape index (κ3) is 15.9. The van der Waals surface area contributed by atoms with Gasteiger partial charge in [0, 0.05) is 5.41 Å². The Balaban J connectivity index is 3.69. The Hall–Kier alpha value is -0.850. The Morgan fingerprint density at radius 1 is 0.593 bits per heavy atom. The molecule has 0 bridgehead atoms. The van der Waals surface area contributed by atoms with Crippen LogP contribution >= 0.6 is 0 Å². The normalized spacial score (nSPS) is 14.2. The second kappa shape index (κ2) is 19.9. The van der Waals surface area contributed by atoms with Gasteiger partial charge in [0.25, 0.3) is 0 Å². The topological polar surface area (TPSA) is 17.1 Å². The second-order valence-corrected chi connectivity index (χ2v) is 8.27. The van der Waals surface area contributed by atoms with E-state index >= 15 is 0 Å². The van der Waals surface area contributed by atoms with Crippen LogP contribution in [0.1, 0.15) is 130 Å². The lowest BCUT2D eigenvalue weighted by molar-refractivity contribution is -0.117. The van der Waals surface area contributed by atoms with Crippen molar-refractivity contribution in [2.75, 3.05) is 0 Å². The van der Waals surface area contributed by atoms with Crippen LogP contribution in [0.2, 0.25) is 0 Å². The van der Waals surface area contributed by atoms with Gasteiger partial charge < -0.3 is 4.79 Å². The summed E-state index contributed by atoms with van der Waals surface area (Å²) in [5.74, 6) is 0. The van der Waals surface area contributed by atoms with Crippen LogP contribution in [0.15, 0.2) is 24.3 Å². The number of allylic oxidation sites excluding steroid dienone is 4. The summed E-state index contributed by atoms with van der Waals surface area (Å²) in [6, 6.07) is 0. The van der Waals surface area contributed by atoms with E-state index in [0.29, 0.717) is 0 Å². The maximum Gasteiger partial charge on any atom is 0.126 e. The van der Waals surface area contributed by atoms with Gasteiger partial charge in [-0.05, 0) is 51.4 Å². The van der Waals surface area contributed by atoms with Gasteiger partial charge >= 0.3 is 0 Å². The quantitative estimate of drug-likeness (QED) is 0.118. The fraction of sp³-hybridized carbons (Fsp3) is 0.808. The first-order valence-electron chi connectivity index (χ1n) is 12.0. The first-order valence-corrected chi connectivity index (χ1v) is 12.0. The van der Waals surface area contributed by atoms with E-state index in [2.05, 4.69) is 45.1 Å². The molecule has 0 fully saturated rings. The summed E-state index contributed by atoms with van der Waals surface area (Å²) in [6.45, 7) is 6.69. The van der Waals surface area contributed by atoms with Crippen molar-refractivity contribution in [3.05, 3.63) is 24.3 Å². The average Bonchev–Trinajstić information content (AvgIpc) is 2.70. The molecule has 1 atom stereocenters. The lowest BCUT2D eigenvalue weighted by Gasteiger charge is -2.26. The van der Waals surface area contributed by atoms with Crippen LogP contribution in [0.3, 0.4) is 0 Å². The molecule has 0 aromatic heterocycles. The van der Waals surface area contributed by atoms with Gasteiger partial charge in [0.1, 0.15) is 6.29 Å². The number of aldehydes is 1. The van der Waals surface area contributed by atoms with Crippen LogP contribution in [-0.2, 0) is 4.79 Å². The molecule has 0 N–H and O–H groups in total. The molecule has 0 amide bonds. The summed E-state index contributed by atoms with van der Waals surface area (Å²) in [5, 5.41) is 0. The highest BCUT2D eigenvalue weighted by Crippen LogP contribution is 2.33. The van der Waals surface area contributed by atoms with Crippen LogP contribution in [0.4, 0.5) is 0 Å². The smallest absolute Gasteiger partial charge is 0.126 e. The van der Waals surface area contributed by atoms with Crippen molar-refractivity contribution in [1.82, 2.24) is 0 Å². The maximum atomic E-state index is 11.7. The Kier molecular flexibility index (Phi) is 19.3. The van der Waals surface area contributed by atoms with Crippen LogP contribution in [-0.4, -0.2) is 6.29 Å². The Labute approximate surface area is 171 Å². The minimum Gasteiger partial charge on any atom is -0.303 e. The number of unbranched alkanes of at least 4 members (excludes halogenated alkanes) is 10. The lowest BCUT2D eigenvalue weighted by Crippen LogP contribution is -2.21. The fourth-order valence-electron chi connectivity index (χ4n) is 3.70. The van der Waals surface area contributed by atoms with E-state index in [1.54, 1.807) is 0 Å². The summed E-state index contributed by atoms with van der Waals surface area (Å²) in [5.41, 5.74) is -0.0306. The molecule has 0 aromatic carbocycles. The van der Waals surface area contributed by atoms with Gasteiger partial charge in [-0.2, -0.15) is 0 Å². The molecule has 0 heterocycles. The van der Waals surface area contributed by atoms with E-state index in [-0.39, 0.29) is 5.41 Å². The molecule has 0 rings (SSSR count). The van der Waals surface area contributed by atoms with Gasteiger partial charge in [0.2, 0.25) is 0 Å². The molecule has 0 aliphatic carbocycles. The van der Waals surface area contributed by atoms with Crippen molar-refractivity contribution in [3.8, 4) is 0 Å². The minimum atomic E-state index is -0.0306. The van der Waals surface area contributed by atoms with Crippen LogP contribution in [0.5, 0.6) is 0 Å². The molecule has 27 heavy (non-hydrogen) atoms. The van der Waals surface area contributed by atoms with Gasteiger partial charge in [0.05, 0.1) is 0 Å². The third-order valence-corrected chi connectivity index (χ3v) is 5.86. The van der Waals surface area contributed by atoms with E-state index in [9.17, 15) is 4.79 Å². The van der Waals surface area contributed by atoms with Crippen LogP contribution in [0.25, 0.3) is 0 Å². The second-order valence-electron chi connectivity index (χ2n) is 8.27. The number of rotatable bonds is 20. The molecule has 0 aromatic rings. The highest BCUT2D eigenvalue weighted by molar-refractivity contribution is 5.59. The van der Waals surface area contributed by atoms with Crippen molar-refractivity contribution >= 4 is 6.29 Å². The van der Waals surface area contributed by atoms with Crippen LogP contribution in [0, 0.1) is 5.41 Å². The Morgan fingerprint density at radius 3 is 1.59 bits per heavy atom. The zero-order valence-electron chi connectivity index (χ0n) is 18.8. The monoisotopic (exact) mass is 376 g/mol. The minimum absolute atomic E-state index is 0.0306. The third-order valence-electron chi connectivity index (χ3n) is 5.86. The molecule has 158 valence electrons. The predicted molar refractivity (Wildman–Crippen MR) is 122 cm³/mol. The van der Waals surface area contributed by atoms with Gasteiger partial charge in [-0.25, -0.2) is 0 Å². The number of carbonyl (C=O) groups excluding carboxylic acids is 1. The summed E-state index contributed by atoms with van der Waals surface area (Å²) in [6.07, 6.45) is 31.4. The maximum absolute atomic E-state index is 11.7. The first-order chi connectivity index (χ1) is 13.2. The van der Waals surface area contributed by atoms with E-state index in [4.69, 9.17) is 0 Å². The van der Waals surface area contributed by atoms with Crippen molar-refractivity contribution in [1.29, 1.82) is 0 Å². The van der Waals surface area contributed by atoms with E-state index in [0.717, 1.165) is 25.7 Å². The van der Waals surface area contributed by atoms with Gasteiger partial charge in [-0.1, -0.05) is 103 Å². The average molecular weight is 377 g/mol. The van der Waals surface area contributed by atoms with Crippen molar-refractivity contribution < 1.29 is 4.79 Å². The summed E-state index contributed by atoms with van der Waals surface area (Å²) in [4.78, 5) is 11.7. The summed E-state index contributed by atoms with van der Waals surface area (Å²) < 4.78 is 0. The number of hydrogen-bond acceptors (Lipinski definition) is 1. The predicted octanol–water partition coefficient (Wildman–Crippen LogP) is 8.98. The summed E-state index contributed by atoms with van der Waals surface area (Å²) >= 11 is 0. The molecule has 0 radical (unpaired) electrons. The highest BCUT2D eigenvalue weighted by Gasteiger charge is 2.26. The molecule has 0 spiro atoms. The molecule has 0 saturated carbocycles. The van der Waals surface area contributed by atoms with E-state index in [1.807, 2.05) is 0 Å². The number of hydrogen-bond donors (Lipinski definition) is 0. The first kappa shape index (κ1) is 26.1. The largest absolute Gasteiger partial charge is 0.303 e. The van der Waals surface area contributed by atoms with Crippen molar-refractivity contribution in [2.24, 2.45) is 5.41 Å². The molecule has 1 nitrogen and oxygen atoms in total. The Bertz CT molecular complexity index is 368. The Morgan fingerprint density at radius 2 is 1.07 bits per heavy atom. The molecular formula is C26H48O. The van der Waals surface area contributed by atoms with E-state index in [1.165, 1.54) is 89.8 Å². The SMILES string of the molecule is CCCCC/C=C\C/C=C\CCCCCCC(C=O)(CC)CCCCCC. The zero-order valence-corrected chi connectivity index (χ0v) is 18.8.